The Bertz CT molecular complexity index is 827. The van der Waals surface area contributed by atoms with Crippen LogP contribution in [0.2, 0.25) is 0 Å². The van der Waals surface area contributed by atoms with E-state index in [1.165, 1.54) is 29.2 Å². The van der Waals surface area contributed by atoms with E-state index < -0.39 is 11.6 Å². The van der Waals surface area contributed by atoms with E-state index in [9.17, 15) is 18.4 Å². The first-order chi connectivity index (χ1) is 13.6. The van der Waals surface area contributed by atoms with Crippen molar-refractivity contribution in [1.82, 2.24) is 10.2 Å². The number of hydrogen-bond acceptors (Lipinski definition) is 2. The van der Waals surface area contributed by atoms with Crippen molar-refractivity contribution in [3.05, 3.63) is 71.3 Å². The van der Waals surface area contributed by atoms with Crippen molar-refractivity contribution < 1.29 is 18.4 Å². The second kappa shape index (κ2) is 9.63. The van der Waals surface area contributed by atoms with Gasteiger partial charge in [-0.05, 0) is 62.6 Å². The Hall–Kier alpha value is -2.76. The summed E-state index contributed by atoms with van der Waals surface area (Å²) in [6.45, 7) is 7.65. The lowest BCUT2D eigenvalue weighted by molar-refractivity contribution is -0.141. The van der Waals surface area contributed by atoms with Crippen molar-refractivity contribution >= 4 is 11.8 Å². The zero-order valence-electron chi connectivity index (χ0n) is 17.3. The number of hydrogen-bond donors (Lipinski definition) is 1. The second-order valence-corrected chi connectivity index (χ2v) is 8.11. The van der Waals surface area contributed by atoms with Gasteiger partial charge in [-0.15, -0.1) is 0 Å². The van der Waals surface area contributed by atoms with Gasteiger partial charge in [-0.2, -0.15) is 0 Å². The summed E-state index contributed by atoms with van der Waals surface area (Å²) in [7, 11) is 0. The van der Waals surface area contributed by atoms with Crippen molar-refractivity contribution in [1.29, 1.82) is 0 Å². The molecule has 29 heavy (non-hydrogen) atoms. The minimum absolute atomic E-state index is 0.0424. The number of nitrogens with one attached hydrogen (secondary N) is 1. The van der Waals surface area contributed by atoms with Crippen LogP contribution in [0.5, 0.6) is 0 Å². The quantitative estimate of drug-likeness (QED) is 0.754. The molecule has 0 radical (unpaired) electrons. The SMILES string of the molecule is CC[C@@H](C(=O)NC(C)(C)C)N(Cc1ccc(F)cc1)C(=O)Cc1ccc(F)cc1. The minimum Gasteiger partial charge on any atom is -0.350 e. The lowest BCUT2D eigenvalue weighted by atomic mass is 10.0. The van der Waals surface area contributed by atoms with E-state index in [2.05, 4.69) is 5.32 Å². The highest BCUT2D eigenvalue weighted by Crippen LogP contribution is 2.16. The van der Waals surface area contributed by atoms with E-state index in [0.29, 0.717) is 12.0 Å². The second-order valence-electron chi connectivity index (χ2n) is 8.11. The van der Waals surface area contributed by atoms with Crippen molar-refractivity contribution in [2.45, 2.75) is 58.7 Å². The topological polar surface area (TPSA) is 49.4 Å². The zero-order valence-corrected chi connectivity index (χ0v) is 17.3. The molecule has 0 aliphatic rings. The van der Waals surface area contributed by atoms with Crippen molar-refractivity contribution in [2.75, 3.05) is 0 Å². The highest BCUT2D eigenvalue weighted by Gasteiger charge is 2.30. The van der Waals surface area contributed by atoms with Gasteiger partial charge in [-0.1, -0.05) is 31.2 Å². The molecule has 0 saturated heterocycles. The van der Waals surface area contributed by atoms with E-state index in [4.69, 9.17) is 0 Å². The number of amides is 2. The molecular formula is C23H28F2N2O2. The predicted octanol–water partition coefficient (Wildman–Crippen LogP) is 4.23. The van der Waals surface area contributed by atoms with Crippen molar-refractivity contribution in [3.63, 3.8) is 0 Å². The molecule has 0 bridgehead atoms. The molecular weight excluding hydrogens is 374 g/mol. The summed E-state index contributed by atoms with van der Waals surface area (Å²) in [6, 6.07) is 10.9. The highest BCUT2D eigenvalue weighted by molar-refractivity contribution is 5.88. The fourth-order valence-electron chi connectivity index (χ4n) is 3.04. The van der Waals surface area contributed by atoms with Crippen molar-refractivity contribution in [2.24, 2.45) is 0 Å². The van der Waals surface area contributed by atoms with Crippen LogP contribution in [0.3, 0.4) is 0 Å². The molecule has 156 valence electrons. The summed E-state index contributed by atoms with van der Waals surface area (Å²) in [4.78, 5) is 27.5. The molecule has 2 aromatic carbocycles. The highest BCUT2D eigenvalue weighted by atomic mass is 19.1. The van der Waals surface area contributed by atoms with Crippen LogP contribution in [-0.2, 0) is 22.6 Å². The summed E-state index contributed by atoms with van der Waals surface area (Å²) in [5.41, 5.74) is 0.943. The molecule has 0 spiro atoms. The third-order valence-corrected chi connectivity index (χ3v) is 4.42. The van der Waals surface area contributed by atoms with E-state index in [1.807, 2.05) is 27.7 Å². The van der Waals surface area contributed by atoms with Gasteiger partial charge in [0.15, 0.2) is 0 Å². The number of halogens is 2. The Morgan fingerprint density at radius 1 is 0.931 bits per heavy atom. The molecule has 2 aromatic rings. The van der Waals surface area contributed by atoms with Gasteiger partial charge in [0.05, 0.1) is 6.42 Å². The first kappa shape index (κ1) is 22.5. The van der Waals surface area contributed by atoms with Crippen LogP contribution in [0.4, 0.5) is 8.78 Å². The molecule has 4 nitrogen and oxygen atoms in total. The van der Waals surface area contributed by atoms with Crippen LogP contribution < -0.4 is 5.32 Å². The summed E-state index contributed by atoms with van der Waals surface area (Å²) < 4.78 is 26.4. The minimum atomic E-state index is -0.674. The predicted molar refractivity (Wildman–Crippen MR) is 109 cm³/mol. The number of rotatable bonds is 7. The maximum Gasteiger partial charge on any atom is 0.243 e. The smallest absolute Gasteiger partial charge is 0.243 e. The monoisotopic (exact) mass is 402 g/mol. The molecule has 0 aliphatic carbocycles. The molecule has 0 fully saturated rings. The Morgan fingerprint density at radius 2 is 1.41 bits per heavy atom. The molecule has 0 heterocycles. The van der Waals surface area contributed by atoms with Crippen molar-refractivity contribution in [3.8, 4) is 0 Å². The number of benzene rings is 2. The Labute approximate surface area is 170 Å². The third-order valence-electron chi connectivity index (χ3n) is 4.42. The fourth-order valence-corrected chi connectivity index (χ4v) is 3.04. The maximum atomic E-state index is 13.3. The van der Waals surface area contributed by atoms with Gasteiger partial charge < -0.3 is 10.2 Å². The van der Waals surface area contributed by atoms with Crippen LogP contribution in [0.1, 0.15) is 45.2 Å². The molecule has 0 aliphatic heterocycles. The Kier molecular flexibility index (Phi) is 7.48. The maximum absolute atomic E-state index is 13.3. The Morgan fingerprint density at radius 3 is 1.86 bits per heavy atom. The molecule has 0 unspecified atom stereocenters. The van der Waals surface area contributed by atoms with Gasteiger partial charge in [-0.25, -0.2) is 8.78 Å². The van der Waals surface area contributed by atoms with Gasteiger partial charge in [0.1, 0.15) is 17.7 Å². The molecule has 2 rings (SSSR count). The molecule has 1 atom stereocenters. The fraction of sp³-hybridized carbons (Fsp3) is 0.391. The van der Waals surface area contributed by atoms with Gasteiger partial charge in [0.25, 0.3) is 0 Å². The first-order valence-electron chi connectivity index (χ1n) is 9.69. The average molecular weight is 402 g/mol. The van der Waals surface area contributed by atoms with E-state index in [0.717, 1.165) is 5.56 Å². The summed E-state index contributed by atoms with van der Waals surface area (Å²) in [5, 5.41) is 2.93. The average Bonchev–Trinajstić information content (AvgIpc) is 2.63. The van der Waals surface area contributed by atoms with E-state index in [-0.39, 0.29) is 36.4 Å². The lowest BCUT2D eigenvalue weighted by Crippen LogP contribution is -2.53. The molecule has 0 saturated carbocycles. The van der Waals surface area contributed by atoms with Crippen LogP contribution in [-0.4, -0.2) is 28.3 Å². The van der Waals surface area contributed by atoms with Crippen LogP contribution in [0.25, 0.3) is 0 Å². The molecule has 1 N–H and O–H groups in total. The van der Waals surface area contributed by atoms with Gasteiger partial charge in [0, 0.05) is 12.1 Å². The van der Waals surface area contributed by atoms with Crippen LogP contribution in [0.15, 0.2) is 48.5 Å². The van der Waals surface area contributed by atoms with Gasteiger partial charge in [0.2, 0.25) is 11.8 Å². The lowest BCUT2D eigenvalue weighted by Gasteiger charge is -2.33. The van der Waals surface area contributed by atoms with Crippen LogP contribution in [0, 0.1) is 11.6 Å². The molecule has 6 heteroatoms. The third kappa shape index (κ3) is 6.97. The molecule has 0 aromatic heterocycles. The van der Waals surface area contributed by atoms with Crippen LogP contribution >= 0.6 is 0 Å². The van der Waals surface area contributed by atoms with Gasteiger partial charge in [-0.3, -0.25) is 9.59 Å². The number of nitrogens with zero attached hydrogens (tertiary/aromatic N) is 1. The first-order valence-corrected chi connectivity index (χ1v) is 9.69. The summed E-state index contributed by atoms with van der Waals surface area (Å²) >= 11 is 0. The normalized spacial score (nSPS) is 12.3. The zero-order chi connectivity index (χ0) is 21.6. The van der Waals surface area contributed by atoms with Gasteiger partial charge >= 0.3 is 0 Å². The summed E-state index contributed by atoms with van der Waals surface area (Å²) in [5.74, 6) is -1.23. The number of carbonyl (C=O) groups is 2. The largest absolute Gasteiger partial charge is 0.350 e. The summed E-state index contributed by atoms with van der Waals surface area (Å²) in [6.07, 6.45) is 0.471. The van der Waals surface area contributed by atoms with E-state index in [1.54, 1.807) is 24.3 Å². The standard InChI is InChI=1S/C23H28F2N2O2/c1-5-20(22(29)26-23(2,3)4)27(15-17-8-12-19(25)13-9-17)21(28)14-16-6-10-18(24)11-7-16/h6-13,20H,5,14-15H2,1-4H3,(H,26,29)/t20-/m0/s1. The Balaban J connectivity index is 2.29. The molecule has 2 amide bonds. The van der Waals surface area contributed by atoms with E-state index >= 15 is 0 Å². The number of carbonyl (C=O) groups excluding carboxylic acids is 2.